The van der Waals surface area contributed by atoms with Gasteiger partial charge in [-0.1, -0.05) is 12.1 Å². The molecule has 1 aromatic rings. The first-order chi connectivity index (χ1) is 9.56. The molecule has 1 fully saturated rings. The number of rotatable bonds is 5. The van der Waals surface area contributed by atoms with E-state index < -0.39 is 11.0 Å². The van der Waals surface area contributed by atoms with Crippen molar-refractivity contribution in [3.63, 3.8) is 0 Å². The molecule has 1 aliphatic heterocycles. The average molecular weight is 316 g/mol. The summed E-state index contributed by atoms with van der Waals surface area (Å²) in [5.74, 6) is -0.122. The fraction of sp³-hybridized carbons (Fsp3) is 0.462. The Morgan fingerprint density at radius 1 is 1.43 bits per heavy atom. The molecule has 8 heteroatoms. The molecule has 0 radical (unpaired) electrons. The number of nitrogens with zero attached hydrogens (tertiary/aromatic N) is 1. The van der Waals surface area contributed by atoms with E-state index in [9.17, 15) is 20.0 Å². The molecule has 1 saturated heterocycles. The Morgan fingerprint density at radius 2 is 2.10 bits per heavy atom. The molecule has 1 aromatic carbocycles. The zero-order chi connectivity index (χ0) is 14.5. The van der Waals surface area contributed by atoms with Gasteiger partial charge in [-0.3, -0.25) is 14.9 Å². The predicted molar refractivity (Wildman–Crippen MR) is 79.5 cm³/mol. The van der Waals surface area contributed by atoms with Crippen molar-refractivity contribution in [2.75, 3.05) is 13.1 Å². The zero-order valence-electron chi connectivity index (χ0n) is 11.3. The molecule has 0 saturated carbocycles. The van der Waals surface area contributed by atoms with Gasteiger partial charge in [0, 0.05) is 25.2 Å². The number of nitrogens with one attached hydrogen (secondary N) is 2. The van der Waals surface area contributed by atoms with Gasteiger partial charge in [0.05, 0.1) is 17.1 Å². The van der Waals surface area contributed by atoms with Crippen molar-refractivity contribution in [2.45, 2.75) is 25.0 Å². The first-order valence-corrected chi connectivity index (χ1v) is 6.49. The lowest BCUT2D eigenvalue weighted by molar-refractivity contribution is -0.384. The topological polar surface area (TPSA) is 104 Å². The summed E-state index contributed by atoms with van der Waals surface area (Å²) in [4.78, 5) is 21.8. The lowest BCUT2D eigenvalue weighted by atomic mass is 10.1. The van der Waals surface area contributed by atoms with Crippen molar-refractivity contribution in [1.29, 1.82) is 0 Å². The summed E-state index contributed by atoms with van der Waals surface area (Å²) >= 11 is 0. The van der Waals surface area contributed by atoms with Gasteiger partial charge in [0.1, 0.15) is 0 Å². The highest BCUT2D eigenvalue weighted by Crippen LogP contribution is 2.12. The van der Waals surface area contributed by atoms with Crippen molar-refractivity contribution < 1.29 is 14.8 Å². The number of aliphatic hydroxyl groups excluding tert-OH is 1. The third-order valence-electron chi connectivity index (χ3n) is 3.28. The van der Waals surface area contributed by atoms with Gasteiger partial charge in [0.25, 0.3) is 5.69 Å². The maximum atomic E-state index is 11.8. The van der Waals surface area contributed by atoms with E-state index >= 15 is 0 Å². The van der Waals surface area contributed by atoms with E-state index in [1.807, 2.05) is 0 Å². The number of β-amino-alcohol motifs (C(OH)–C–C–N with tert-alkyl or cyclic N) is 1. The van der Waals surface area contributed by atoms with Crippen molar-refractivity contribution >= 4 is 24.0 Å². The van der Waals surface area contributed by atoms with E-state index in [2.05, 4.69) is 10.6 Å². The van der Waals surface area contributed by atoms with Crippen LogP contribution < -0.4 is 10.6 Å². The van der Waals surface area contributed by atoms with Crippen LogP contribution in [0.4, 0.5) is 5.69 Å². The smallest absolute Gasteiger partial charge is 0.269 e. The zero-order valence-corrected chi connectivity index (χ0v) is 12.1. The van der Waals surface area contributed by atoms with Crippen LogP contribution in [0, 0.1) is 10.1 Å². The van der Waals surface area contributed by atoms with Gasteiger partial charge in [0.15, 0.2) is 0 Å². The third kappa shape index (κ3) is 4.96. The SMILES string of the molecule is Cl.O=C(NCCc1ccc([N+](=O)[O-])cc1)C1CC(O)CN1. The highest BCUT2D eigenvalue weighted by Gasteiger charge is 2.27. The number of aliphatic hydroxyl groups is 1. The summed E-state index contributed by atoms with van der Waals surface area (Å²) in [6.45, 7) is 0.908. The molecule has 3 N–H and O–H groups in total. The third-order valence-corrected chi connectivity index (χ3v) is 3.28. The summed E-state index contributed by atoms with van der Waals surface area (Å²) in [6.07, 6.45) is 0.586. The highest BCUT2D eigenvalue weighted by atomic mass is 35.5. The highest BCUT2D eigenvalue weighted by molar-refractivity contribution is 5.85. The predicted octanol–water partition coefficient (Wildman–Crippen LogP) is 0.398. The number of carbonyl (C=O) groups excluding carboxylic acids is 1. The average Bonchev–Trinajstić information content (AvgIpc) is 2.86. The lowest BCUT2D eigenvalue weighted by Crippen LogP contribution is -2.41. The second-order valence-corrected chi connectivity index (χ2v) is 4.81. The van der Waals surface area contributed by atoms with Crippen LogP contribution in [0.2, 0.25) is 0 Å². The number of benzene rings is 1. The Labute approximate surface area is 128 Å². The minimum Gasteiger partial charge on any atom is -0.392 e. The molecule has 7 nitrogen and oxygen atoms in total. The number of nitro benzene ring substituents is 1. The molecule has 2 rings (SSSR count). The second-order valence-electron chi connectivity index (χ2n) is 4.81. The van der Waals surface area contributed by atoms with Crippen molar-refractivity contribution in [3.8, 4) is 0 Å². The fourth-order valence-corrected chi connectivity index (χ4v) is 2.15. The molecule has 21 heavy (non-hydrogen) atoms. The summed E-state index contributed by atoms with van der Waals surface area (Å²) in [7, 11) is 0. The monoisotopic (exact) mass is 315 g/mol. The molecular weight excluding hydrogens is 298 g/mol. The molecule has 1 aliphatic rings. The van der Waals surface area contributed by atoms with Crippen molar-refractivity contribution in [2.24, 2.45) is 0 Å². The molecule has 116 valence electrons. The van der Waals surface area contributed by atoms with Gasteiger partial charge in [-0.05, 0) is 18.4 Å². The molecule has 2 unspecified atom stereocenters. The first-order valence-electron chi connectivity index (χ1n) is 6.49. The number of halogens is 1. The Kier molecular flexibility index (Phi) is 6.54. The lowest BCUT2D eigenvalue weighted by Gasteiger charge is -2.10. The van der Waals surface area contributed by atoms with Gasteiger partial charge in [-0.25, -0.2) is 0 Å². The van der Waals surface area contributed by atoms with Crippen LogP contribution in [0.25, 0.3) is 0 Å². The molecule has 1 amide bonds. The van der Waals surface area contributed by atoms with E-state index in [1.54, 1.807) is 12.1 Å². The standard InChI is InChI=1S/C13H17N3O4.ClH/c17-11-7-12(15-8-11)13(18)14-6-5-9-1-3-10(4-2-9)16(19)20;/h1-4,11-12,15,17H,5-8H2,(H,14,18);1H. The number of nitro groups is 1. The normalized spacial score (nSPS) is 20.6. The number of carbonyl (C=O) groups is 1. The molecule has 1 heterocycles. The summed E-state index contributed by atoms with van der Waals surface area (Å²) in [5.41, 5.74) is 0.984. The van der Waals surface area contributed by atoms with Crippen LogP contribution in [-0.2, 0) is 11.2 Å². The quantitative estimate of drug-likeness (QED) is 0.539. The summed E-state index contributed by atoms with van der Waals surface area (Å²) in [6, 6.07) is 5.93. The second kappa shape index (κ2) is 7.92. The van der Waals surface area contributed by atoms with Crippen LogP contribution in [0.5, 0.6) is 0 Å². The molecule has 0 spiro atoms. The van der Waals surface area contributed by atoms with E-state index in [0.717, 1.165) is 5.56 Å². The van der Waals surface area contributed by atoms with E-state index in [1.165, 1.54) is 12.1 Å². The minimum absolute atomic E-state index is 0. The van der Waals surface area contributed by atoms with Gasteiger partial charge in [-0.2, -0.15) is 0 Å². The minimum atomic E-state index is -0.458. The summed E-state index contributed by atoms with van der Waals surface area (Å²) in [5, 5.41) is 25.6. The van der Waals surface area contributed by atoms with E-state index in [0.29, 0.717) is 25.9 Å². The van der Waals surface area contributed by atoms with Crippen molar-refractivity contribution in [3.05, 3.63) is 39.9 Å². The Bertz CT molecular complexity index is 495. The van der Waals surface area contributed by atoms with Gasteiger partial charge >= 0.3 is 0 Å². The number of hydrogen-bond donors (Lipinski definition) is 3. The van der Waals surface area contributed by atoms with Crippen LogP contribution >= 0.6 is 12.4 Å². The van der Waals surface area contributed by atoms with Gasteiger partial charge in [0.2, 0.25) is 5.91 Å². The molecule has 0 bridgehead atoms. The van der Waals surface area contributed by atoms with Crippen LogP contribution in [-0.4, -0.2) is 41.2 Å². The van der Waals surface area contributed by atoms with Crippen LogP contribution in [0.15, 0.2) is 24.3 Å². The number of non-ortho nitro benzene ring substituents is 1. The maximum absolute atomic E-state index is 11.8. The molecule has 0 aliphatic carbocycles. The maximum Gasteiger partial charge on any atom is 0.269 e. The Hall–Kier alpha value is -1.70. The van der Waals surface area contributed by atoms with Gasteiger partial charge in [-0.15, -0.1) is 12.4 Å². The largest absolute Gasteiger partial charge is 0.392 e. The summed E-state index contributed by atoms with van der Waals surface area (Å²) < 4.78 is 0. The van der Waals surface area contributed by atoms with E-state index in [-0.39, 0.29) is 30.0 Å². The van der Waals surface area contributed by atoms with Crippen LogP contribution in [0.1, 0.15) is 12.0 Å². The number of hydrogen-bond acceptors (Lipinski definition) is 5. The van der Waals surface area contributed by atoms with Crippen LogP contribution in [0.3, 0.4) is 0 Å². The number of amides is 1. The van der Waals surface area contributed by atoms with E-state index in [4.69, 9.17) is 0 Å². The molecule has 0 aromatic heterocycles. The molecule has 2 atom stereocenters. The molecular formula is C13H18ClN3O4. The fourth-order valence-electron chi connectivity index (χ4n) is 2.15. The van der Waals surface area contributed by atoms with Gasteiger partial charge < -0.3 is 15.7 Å². The Morgan fingerprint density at radius 3 is 2.62 bits per heavy atom. The first kappa shape index (κ1) is 17.4. The Balaban J connectivity index is 0.00000220. The van der Waals surface area contributed by atoms with Crippen molar-refractivity contribution in [1.82, 2.24) is 10.6 Å².